The lowest BCUT2D eigenvalue weighted by Crippen LogP contribution is -2.35. The second-order valence-corrected chi connectivity index (χ2v) is 7.04. The molecule has 1 aliphatic carbocycles. The highest BCUT2D eigenvalue weighted by atomic mass is 32.2. The maximum Gasteiger partial charge on any atom is 0.253 e. The molecule has 1 atom stereocenters. The maximum absolute atomic E-state index is 12.4. The molecule has 0 saturated heterocycles. The summed E-state index contributed by atoms with van der Waals surface area (Å²) in [6, 6.07) is 6.06. The number of carbonyl (C=O) groups excluding carboxylic acids is 1. The molecule has 0 bridgehead atoms. The fourth-order valence-electron chi connectivity index (χ4n) is 2.24. The van der Waals surface area contributed by atoms with Gasteiger partial charge in [-0.15, -0.1) is 0 Å². The minimum Gasteiger partial charge on any atom is -0.345 e. The van der Waals surface area contributed by atoms with Gasteiger partial charge in [-0.25, -0.2) is 13.1 Å². The molecule has 1 amide bonds. The van der Waals surface area contributed by atoms with Gasteiger partial charge in [0.2, 0.25) is 10.0 Å². The Morgan fingerprint density at radius 1 is 1.29 bits per heavy atom. The molecule has 1 aromatic rings. The van der Waals surface area contributed by atoms with Crippen LogP contribution in [0, 0.1) is 0 Å². The van der Waals surface area contributed by atoms with Crippen LogP contribution in [0.25, 0.3) is 0 Å². The van der Waals surface area contributed by atoms with E-state index in [1.807, 2.05) is 6.08 Å². The second-order valence-electron chi connectivity index (χ2n) is 5.33. The Kier molecular flexibility index (Phi) is 4.80. The van der Waals surface area contributed by atoms with Crippen LogP contribution in [0.1, 0.15) is 29.6 Å². The van der Waals surface area contributed by atoms with Crippen molar-refractivity contribution in [1.29, 1.82) is 0 Å². The van der Waals surface area contributed by atoms with Gasteiger partial charge >= 0.3 is 0 Å². The number of rotatable bonds is 4. The third-order valence-corrected chi connectivity index (χ3v) is 4.91. The van der Waals surface area contributed by atoms with E-state index in [0.29, 0.717) is 12.0 Å². The average Bonchev–Trinajstić information content (AvgIpc) is 2.47. The van der Waals surface area contributed by atoms with Gasteiger partial charge in [-0.05, 0) is 37.5 Å². The molecule has 0 saturated carbocycles. The second kappa shape index (κ2) is 6.41. The van der Waals surface area contributed by atoms with Gasteiger partial charge in [0, 0.05) is 25.7 Å². The Bertz CT molecular complexity index is 651. The molecule has 1 aromatic carbocycles. The first-order chi connectivity index (χ1) is 9.90. The molecule has 0 spiro atoms. The van der Waals surface area contributed by atoms with E-state index < -0.39 is 10.0 Å². The predicted molar refractivity (Wildman–Crippen MR) is 81.6 cm³/mol. The van der Waals surface area contributed by atoms with E-state index in [4.69, 9.17) is 0 Å². The highest BCUT2D eigenvalue weighted by molar-refractivity contribution is 7.89. The lowest BCUT2D eigenvalue weighted by molar-refractivity contribution is 0.0827. The van der Waals surface area contributed by atoms with Gasteiger partial charge < -0.3 is 4.90 Å². The van der Waals surface area contributed by atoms with Crippen LogP contribution in [-0.4, -0.2) is 39.4 Å². The summed E-state index contributed by atoms with van der Waals surface area (Å²) >= 11 is 0. The van der Waals surface area contributed by atoms with E-state index in [9.17, 15) is 13.2 Å². The van der Waals surface area contributed by atoms with Crippen molar-refractivity contribution in [3.63, 3.8) is 0 Å². The molecule has 1 aliphatic rings. The summed E-state index contributed by atoms with van der Waals surface area (Å²) in [5.41, 5.74) is 0.367. The van der Waals surface area contributed by atoms with Gasteiger partial charge in [0.05, 0.1) is 4.90 Å². The smallest absolute Gasteiger partial charge is 0.253 e. The lowest BCUT2D eigenvalue weighted by Gasteiger charge is -2.19. The molecule has 2 rings (SSSR count). The van der Waals surface area contributed by atoms with Gasteiger partial charge in [0.15, 0.2) is 0 Å². The van der Waals surface area contributed by atoms with Crippen LogP contribution in [0.15, 0.2) is 41.3 Å². The van der Waals surface area contributed by atoms with Crippen molar-refractivity contribution in [2.24, 2.45) is 0 Å². The predicted octanol–water partition coefficient (Wildman–Crippen LogP) is 1.78. The van der Waals surface area contributed by atoms with E-state index >= 15 is 0 Å². The topological polar surface area (TPSA) is 66.5 Å². The first kappa shape index (κ1) is 15.7. The molecular weight excluding hydrogens is 288 g/mol. The Hall–Kier alpha value is -1.66. The number of sulfonamides is 1. The van der Waals surface area contributed by atoms with Crippen molar-refractivity contribution in [1.82, 2.24) is 9.62 Å². The molecule has 1 N–H and O–H groups in total. The third kappa shape index (κ3) is 3.92. The third-order valence-electron chi connectivity index (χ3n) is 3.39. The summed E-state index contributed by atoms with van der Waals surface area (Å²) in [6.07, 6.45) is 6.43. The monoisotopic (exact) mass is 308 g/mol. The fraction of sp³-hybridized carbons (Fsp3) is 0.400. The number of amides is 1. The number of hydrogen-bond donors (Lipinski definition) is 1. The summed E-state index contributed by atoms with van der Waals surface area (Å²) in [4.78, 5) is 13.5. The van der Waals surface area contributed by atoms with Crippen LogP contribution in [0.5, 0.6) is 0 Å². The molecule has 114 valence electrons. The Balaban J connectivity index is 2.21. The van der Waals surface area contributed by atoms with Crippen LogP contribution in [0.2, 0.25) is 0 Å². The first-order valence-electron chi connectivity index (χ1n) is 6.89. The molecular formula is C15H20N2O3S. The number of nitrogens with one attached hydrogen (secondary N) is 1. The van der Waals surface area contributed by atoms with Crippen LogP contribution < -0.4 is 4.72 Å². The summed E-state index contributed by atoms with van der Waals surface area (Å²) in [5, 5.41) is 0. The Morgan fingerprint density at radius 2 is 2.05 bits per heavy atom. The van der Waals surface area contributed by atoms with E-state index in [2.05, 4.69) is 10.8 Å². The summed E-state index contributed by atoms with van der Waals surface area (Å²) in [7, 11) is -0.326. The van der Waals surface area contributed by atoms with Crippen molar-refractivity contribution in [3.8, 4) is 0 Å². The Labute approximate surface area is 125 Å². The van der Waals surface area contributed by atoms with Crippen LogP contribution in [0.3, 0.4) is 0 Å². The van der Waals surface area contributed by atoms with E-state index in [1.54, 1.807) is 26.2 Å². The van der Waals surface area contributed by atoms with Gasteiger partial charge in [-0.2, -0.15) is 0 Å². The maximum atomic E-state index is 12.4. The minimum atomic E-state index is -3.60. The standard InChI is InChI=1S/C15H20N2O3S/c1-17(2)15(18)12-7-6-10-14(11-12)21(19,20)16-13-8-4-3-5-9-13/h3-4,6-7,10-11,13,16H,5,8-9H2,1-2H3. The Morgan fingerprint density at radius 3 is 2.67 bits per heavy atom. The van der Waals surface area contributed by atoms with Crippen molar-refractivity contribution in [2.45, 2.75) is 30.2 Å². The zero-order valence-electron chi connectivity index (χ0n) is 12.2. The van der Waals surface area contributed by atoms with Gasteiger partial charge in [-0.3, -0.25) is 4.79 Å². The lowest BCUT2D eigenvalue weighted by atomic mass is 10.0. The highest BCUT2D eigenvalue weighted by Crippen LogP contribution is 2.17. The molecule has 0 fully saturated rings. The van der Waals surface area contributed by atoms with Gasteiger partial charge in [0.25, 0.3) is 5.91 Å². The number of nitrogens with zero attached hydrogens (tertiary/aromatic N) is 1. The molecule has 0 radical (unpaired) electrons. The van der Waals surface area contributed by atoms with Crippen LogP contribution >= 0.6 is 0 Å². The molecule has 1 unspecified atom stereocenters. The molecule has 0 aliphatic heterocycles. The van der Waals surface area contributed by atoms with Crippen molar-refractivity contribution in [2.75, 3.05) is 14.1 Å². The molecule has 0 heterocycles. The van der Waals surface area contributed by atoms with Crippen molar-refractivity contribution >= 4 is 15.9 Å². The van der Waals surface area contributed by atoms with E-state index in [-0.39, 0.29) is 16.8 Å². The number of carbonyl (C=O) groups is 1. The average molecular weight is 308 g/mol. The molecule has 6 heteroatoms. The first-order valence-corrected chi connectivity index (χ1v) is 8.37. The zero-order valence-corrected chi connectivity index (χ0v) is 13.1. The van der Waals surface area contributed by atoms with Crippen molar-refractivity contribution < 1.29 is 13.2 Å². The minimum absolute atomic E-state index is 0.0757. The van der Waals surface area contributed by atoms with E-state index in [0.717, 1.165) is 12.8 Å². The van der Waals surface area contributed by atoms with Crippen LogP contribution in [-0.2, 0) is 10.0 Å². The zero-order chi connectivity index (χ0) is 15.5. The largest absolute Gasteiger partial charge is 0.345 e. The molecule has 0 aromatic heterocycles. The van der Waals surface area contributed by atoms with Crippen molar-refractivity contribution in [3.05, 3.63) is 42.0 Å². The quantitative estimate of drug-likeness (QED) is 0.862. The SMILES string of the molecule is CN(C)C(=O)c1cccc(S(=O)(=O)NC2CC=CCC2)c1. The number of benzene rings is 1. The van der Waals surface area contributed by atoms with Gasteiger partial charge in [0.1, 0.15) is 0 Å². The number of hydrogen-bond acceptors (Lipinski definition) is 3. The molecule has 21 heavy (non-hydrogen) atoms. The molecule has 5 nitrogen and oxygen atoms in total. The highest BCUT2D eigenvalue weighted by Gasteiger charge is 2.21. The van der Waals surface area contributed by atoms with E-state index in [1.165, 1.54) is 17.0 Å². The summed E-state index contributed by atoms with van der Waals surface area (Å²) in [5.74, 6) is -0.215. The van der Waals surface area contributed by atoms with Gasteiger partial charge in [-0.1, -0.05) is 18.2 Å². The summed E-state index contributed by atoms with van der Waals surface area (Å²) in [6.45, 7) is 0. The van der Waals surface area contributed by atoms with Crippen LogP contribution in [0.4, 0.5) is 0 Å². The fourth-order valence-corrected chi connectivity index (χ4v) is 3.57. The number of allylic oxidation sites excluding steroid dienone is 1. The normalized spacial score (nSPS) is 18.5. The summed E-state index contributed by atoms with van der Waals surface area (Å²) < 4.78 is 27.5.